The third kappa shape index (κ3) is 3.07. The van der Waals surface area contributed by atoms with Gasteiger partial charge < -0.3 is 16.4 Å². The Morgan fingerprint density at radius 3 is 2.80 bits per heavy atom. The molecule has 6 nitrogen and oxygen atoms in total. The Hall–Kier alpha value is -1.67. The van der Waals surface area contributed by atoms with E-state index in [9.17, 15) is 4.79 Å². The smallest absolute Gasteiger partial charge is 0.265 e. The quantitative estimate of drug-likeness (QED) is 0.787. The Bertz CT molecular complexity index is 607. The predicted octanol–water partition coefficient (Wildman–Crippen LogP) is 2.28. The molecule has 0 aliphatic heterocycles. The fraction of sp³-hybridized carbons (Fsp3) is 0.417. The molecule has 0 saturated carbocycles. The predicted molar refractivity (Wildman–Crippen MR) is 83.4 cm³/mol. The van der Waals surface area contributed by atoms with Crippen LogP contribution in [-0.4, -0.2) is 22.9 Å². The van der Waals surface area contributed by atoms with E-state index < -0.39 is 0 Å². The first kappa shape index (κ1) is 14.7. The van der Waals surface area contributed by atoms with Crippen molar-refractivity contribution in [1.29, 1.82) is 0 Å². The molecule has 1 atom stereocenters. The molecule has 0 aromatic carbocycles. The van der Waals surface area contributed by atoms with Crippen LogP contribution in [0.1, 0.15) is 39.4 Å². The average Bonchev–Trinajstić information content (AvgIpc) is 3.04. The maximum absolute atomic E-state index is 12.2. The van der Waals surface area contributed by atoms with Gasteiger partial charge in [0.15, 0.2) is 5.13 Å². The van der Waals surface area contributed by atoms with E-state index in [1.54, 1.807) is 18.4 Å². The summed E-state index contributed by atoms with van der Waals surface area (Å²) in [5.41, 5.74) is 5.74. The largest absolute Gasteiger partial charge is 0.382 e. The molecule has 2 aromatic rings. The number of carbonyl (C=O) groups is 1. The molecule has 0 spiro atoms. The van der Waals surface area contributed by atoms with E-state index in [-0.39, 0.29) is 17.8 Å². The van der Waals surface area contributed by atoms with Gasteiger partial charge in [0.25, 0.3) is 5.91 Å². The molecule has 0 saturated heterocycles. The van der Waals surface area contributed by atoms with Crippen LogP contribution in [0.3, 0.4) is 0 Å². The summed E-state index contributed by atoms with van der Waals surface area (Å²) in [6, 6.07) is -0.146. The molecule has 2 aromatic heterocycles. The molecule has 2 heterocycles. The van der Waals surface area contributed by atoms with E-state index >= 15 is 0 Å². The molecule has 108 valence electrons. The Labute approximate surface area is 125 Å². The molecule has 20 heavy (non-hydrogen) atoms. The number of aryl methyl sites for hydroxylation is 1. The van der Waals surface area contributed by atoms with Gasteiger partial charge in [-0.15, -0.1) is 11.3 Å². The minimum atomic E-state index is -0.220. The van der Waals surface area contributed by atoms with Crippen LogP contribution in [0.4, 0.5) is 10.9 Å². The zero-order chi connectivity index (χ0) is 14.7. The molecule has 8 heteroatoms. The van der Waals surface area contributed by atoms with Crippen molar-refractivity contribution in [2.75, 3.05) is 18.1 Å². The van der Waals surface area contributed by atoms with Crippen LogP contribution in [0.2, 0.25) is 0 Å². The summed E-state index contributed by atoms with van der Waals surface area (Å²) < 4.78 is 0. The van der Waals surface area contributed by atoms with Gasteiger partial charge >= 0.3 is 0 Å². The third-order valence-corrected chi connectivity index (χ3v) is 5.12. The number of nitrogens with zero attached hydrogens (tertiary/aromatic N) is 2. The molecular formula is C12H17N5OS2. The lowest BCUT2D eigenvalue weighted by Gasteiger charge is -2.10. The maximum atomic E-state index is 12.2. The van der Waals surface area contributed by atoms with Gasteiger partial charge in [-0.25, -0.2) is 9.97 Å². The molecule has 0 aliphatic rings. The van der Waals surface area contributed by atoms with Crippen LogP contribution >= 0.6 is 22.7 Å². The second-order valence-corrected chi connectivity index (χ2v) is 6.34. The second kappa shape index (κ2) is 6.19. The Morgan fingerprint density at radius 1 is 1.50 bits per heavy atom. The van der Waals surface area contributed by atoms with Gasteiger partial charge in [-0.3, -0.25) is 4.79 Å². The zero-order valence-electron chi connectivity index (χ0n) is 11.6. The zero-order valence-corrected chi connectivity index (χ0v) is 13.2. The van der Waals surface area contributed by atoms with Crippen molar-refractivity contribution in [3.8, 4) is 0 Å². The highest BCUT2D eigenvalue weighted by atomic mass is 32.1. The van der Waals surface area contributed by atoms with Gasteiger partial charge in [0.2, 0.25) is 0 Å². The van der Waals surface area contributed by atoms with Crippen molar-refractivity contribution in [3.63, 3.8) is 0 Å². The number of anilines is 2. The van der Waals surface area contributed by atoms with Crippen LogP contribution in [0.25, 0.3) is 0 Å². The summed E-state index contributed by atoms with van der Waals surface area (Å²) >= 11 is 2.85. The van der Waals surface area contributed by atoms with E-state index in [0.717, 1.165) is 11.4 Å². The number of rotatable bonds is 5. The summed E-state index contributed by atoms with van der Waals surface area (Å²) in [4.78, 5) is 22.2. The second-order valence-electron chi connectivity index (χ2n) is 4.20. The topological polar surface area (TPSA) is 92.9 Å². The van der Waals surface area contributed by atoms with Gasteiger partial charge in [-0.2, -0.15) is 0 Å². The number of carbonyl (C=O) groups excluding carboxylic acids is 1. The van der Waals surface area contributed by atoms with Crippen LogP contribution in [0.15, 0.2) is 6.20 Å². The fourth-order valence-corrected chi connectivity index (χ4v) is 3.21. The normalized spacial score (nSPS) is 12.2. The van der Waals surface area contributed by atoms with E-state index in [4.69, 9.17) is 5.73 Å². The van der Waals surface area contributed by atoms with Gasteiger partial charge in [-0.1, -0.05) is 18.3 Å². The van der Waals surface area contributed by atoms with Crippen molar-refractivity contribution in [2.24, 2.45) is 0 Å². The van der Waals surface area contributed by atoms with Gasteiger partial charge in [0.05, 0.1) is 6.04 Å². The summed E-state index contributed by atoms with van der Waals surface area (Å²) in [6.45, 7) is 3.99. The molecule has 0 radical (unpaired) electrons. The number of thiazole rings is 2. The van der Waals surface area contributed by atoms with Crippen molar-refractivity contribution < 1.29 is 4.79 Å². The highest BCUT2D eigenvalue weighted by molar-refractivity contribution is 7.18. The maximum Gasteiger partial charge on any atom is 0.265 e. The van der Waals surface area contributed by atoms with E-state index in [1.165, 1.54) is 16.2 Å². The fourth-order valence-electron chi connectivity index (χ4n) is 1.61. The Morgan fingerprint density at radius 2 is 2.25 bits per heavy atom. The van der Waals surface area contributed by atoms with Crippen LogP contribution in [0, 0.1) is 0 Å². The first-order valence-electron chi connectivity index (χ1n) is 6.24. The van der Waals surface area contributed by atoms with E-state index in [1.807, 2.05) is 13.1 Å². The lowest BCUT2D eigenvalue weighted by molar-refractivity contribution is 0.0944. The number of nitrogen functional groups attached to an aromatic ring is 1. The lowest BCUT2D eigenvalue weighted by Crippen LogP contribution is -2.26. The third-order valence-electron chi connectivity index (χ3n) is 2.71. The van der Waals surface area contributed by atoms with Crippen molar-refractivity contribution >= 4 is 39.5 Å². The first-order valence-corrected chi connectivity index (χ1v) is 7.88. The van der Waals surface area contributed by atoms with Crippen molar-refractivity contribution in [2.45, 2.75) is 26.3 Å². The molecule has 0 fully saturated rings. The molecule has 2 rings (SSSR count). The molecular weight excluding hydrogens is 294 g/mol. The summed E-state index contributed by atoms with van der Waals surface area (Å²) in [5, 5.41) is 7.30. The number of aromatic nitrogens is 2. The Balaban J connectivity index is 2.08. The Kier molecular flexibility index (Phi) is 4.56. The van der Waals surface area contributed by atoms with Crippen LogP contribution < -0.4 is 16.4 Å². The molecule has 4 N–H and O–H groups in total. The summed E-state index contributed by atoms with van der Waals surface area (Å²) in [6.07, 6.45) is 2.80. The van der Waals surface area contributed by atoms with E-state index in [0.29, 0.717) is 10.0 Å². The number of hydrogen-bond donors (Lipinski definition) is 3. The lowest BCUT2D eigenvalue weighted by atomic mass is 10.3. The van der Waals surface area contributed by atoms with Crippen LogP contribution in [-0.2, 0) is 6.42 Å². The highest BCUT2D eigenvalue weighted by Crippen LogP contribution is 2.26. The van der Waals surface area contributed by atoms with Crippen molar-refractivity contribution in [1.82, 2.24) is 15.3 Å². The highest BCUT2D eigenvalue weighted by Gasteiger charge is 2.19. The summed E-state index contributed by atoms with van der Waals surface area (Å²) in [5.74, 6) is 0.0275. The number of hydrogen-bond acceptors (Lipinski definition) is 7. The molecule has 1 amide bonds. The van der Waals surface area contributed by atoms with Gasteiger partial charge in [-0.05, 0) is 13.3 Å². The van der Waals surface area contributed by atoms with Crippen LogP contribution in [0.5, 0.6) is 0 Å². The molecule has 1 unspecified atom stereocenters. The van der Waals surface area contributed by atoms with Gasteiger partial charge in [0, 0.05) is 18.1 Å². The van der Waals surface area contributed by atoms with Crippen molar-refractivity contribution in [3.05, 3.63) is 21.0 Å². The monoisotopic (exact) mass is 311 g/mol. The SMILES string of the molecule is CCc1cnc(C(C)NC(=O)c2sc(NC)nc2N)s1. The minimum Gasteiger partial charge on any atom is -0.382 e. The minimum absolute atomic E-state index is 0.146. The molecule has 0 aliphatic carbocycles. The number of nitrogens with one attached hydrogen (secondary N) is 2. The number of nitrogens with two attached hydrogens (primary N) is 1. The average molecular weight is 311 g/mol. The first-order chi connectivity index (χ1) is 9.55. The van der Waals surface area contributed by atoms with E-state index in [2.05, 4.69) is 27.5 Å². The number of amides is 1. The van der Waals surface area contributed by atoms with Gasteiger partial charge in [0.1, 0.15) is 15.7 Å². The summed E-state index contributed by atoms with van der Waals surface area (Å²) in [7, 11) is 1.74. The standard InChI is InChI=1S/C12H17N5OS2/c1-4-7-5-15-11(19-7)6(2)16-10(18)8-9(13)17-12(14-3)20-8/h5-6H,4,13H2,1-3H3,(H,14,17)(H,16,18). The molecule has 0 bridgehead atoms.